The van der Waals surface area contributed by atoms with Gasteiger partial charge in [-0.05, 0) is 11.6 Å². The van der Waals surface area contributed by atoms with E-state index in [4.69, 9.17) is 4.52 Å². The number of nitrogens with zero attached hydrogens (tertiary/aromatic N) is 2. The number of carbonyl (C=O) groups is 1. The molecule has 0 radical (unpaired) electrons. The summed E-state index contributed by atoms with van der Waals surface area (Å²) in [5.74, 6) is 1.51. The molecule has 1 unspecified atom stereocenters. The van der Waals surface area contributed by atoms with Crippen molar-refractivity contribution < 1.29 is 9.32 Å². The summed E-state index contributed by atoms with van der Waals surface area (Å²) in [7, 11) is 1.72. The summed E-state index contributed by atoms with van der Waals surface area (Å²) in [6.07, 6.45) is 0.449. The maximum atomic E-state index is 12.0. The molecule has 0 aliphatic carbocycles. The molecule has 0 bridgehead atoms. The first-order valence-corrected chi connectivity index (χ1v) is 9.57. The van der Waals surface area contributed by atoms with E-state index in [2.05, 4.69) is 32.2 Å². The molecule has 8 heteroatoms. The number of nitrogens with one attached hydrogen (secondary N) is 3. The van der Waals surface area contributed by atoms with Crippen LogP contribution in [-0.2, 0) is 11.3 Å². The van der Waals surface area contributed by atoms with Gasteiger partial charge < -0.3 is 20.5 Å². The second-order valence-electron chi connectivity index (χ2n) is 6.89. The fourth-order valence-electron chi connectivity index (χ4n) is 3.43. The lowest BCUT2D eigenvalue weighted by Crippen LogP contribution is -2.40. The van der Waals surface area contributed by atoms with Gasteiger partial charge >= 0.3 is 0 Å². The first kappa shape index (κ1) is 21.8. The molecule has 7 nitrogen and oxygen atoms in total. The minimum Gasteiger partial charge on any atom is -0.356 e. The van der Waals surface area contributed by atoms with Crippen LogP contribution in [0.25, 0.3) is 11.3 Å². The van der Waals surface area contributed by atoms with E-state index >= 15 is 0 Å². The van der Waals surface area contributed by atoms with E-state index in [0.29, 0.717) is 25.5 Å². The van der Waals surface area contributed by atoms with E-state index in [1.54, 1.807) is 7.05 Å². The number of hydrogen-bond donors (Lipinski definition) is 3. The summed E-state index contributed by atoms with van der Waals surface area (Å²) in [5.41, 5.74) is 3.80. The molecule has 0 fully saturated rings. The predicted molar refractivity (Wildman–Crippen MR) is 128 cm³/mol. The molecule has 0 saturated heterocycles. The molecule has 1 atom stereocenters. The number of guanidine groups is 1. The van der Waals surface area contributed by atoms with Crippen molar-refractivity contribution in [2.24, 2.45) is 4.99 Å². The summed E-state index contributed by atoms with van der Waals surface area (Å²) in [6, 6.07) is 19.7. The minimum atomic E-state index is 0. The van der Waals surface area contributed by atoms with E-state index in [1.807, 2.05) is 54.6 Å². The molecule has 1 aromatic heterocycles. The lowest BCUT2D eigenvalue weighted by molar-refractivity contribution is -0.116. The zero-order chi connectivity index (χ0) is 20.1. The van der Waals surface area contributed by atoms with Crippen LogP contribution in [0.15, 0.2) is 70.2 Å². The van der Waals surface area contributed by atoms with E-state index in [0.717, 1.165) is 28.3 Å². The minimum absolute atomic E-state index is 0. The summed E-state index contributed by atoms with van der Waals surface area (Å²) in [6.45, 7) is 1.09. The molecule has 4 rings (SSSR count). The van der Waals surface area contributed by atoms with Crippen molar-refractivity contribution in [1.82, 2.24) is 15.8 Å². The Morgan fingerprint density at radius 1 is 1.17 bits per heavy atom. The Morgan fingerprint density at radius 3 is 2.73 bits per heavy atom. The van der Waals surface area contributed by atoms with Gasteiger partial charge in [0.25, 0.3) is 0 Å². The van der Waals surface area contributed by atoms with Crippen molar-refractivity contribution in [2.75, 3.05) is 18.9 Å². The summed E-state index contributed by atoms with van der Waals surface area (Å²) in [5, 5.41) is 13.6. The molecular weight excluding hydrogens is 493 g/mol. The number of aliphatic imine (C=N–C) groups is 1. The molecule has 0 spiro atoms. The fraction of sp³-hybridized carbons (Fsp3) is 0.227. The van der Waals surface area contributed by atoms with Crippen LogP contribution in [-0.4, -0.2) is 30.6 Å². The summed E-state index contributed by atoms with van der Waals surface area (Å²) >= 11 is 0. The number of rotatable bonds is 5. The average molecular weight is 517 g/mol. The van der Waals surface area contributed by atoms with Gasteiger partial charge in [0.1, 0.15) is 5.69 Å². The van der Waals surface area contributed by atoms with Gasteiger partial charge in [-0.3, -0.25) is 9.79 Å². The van der Waals surface area contributed by atoms with E-state index in [-0.39, 0.29) is 35.8 Å². The van der Waals surface area contributed by atoms with Crippen LogP contribution in [0.5, 0.6) is 0 Å². The molecule has 1 aliphatic heterocycles. The highest BCUT2D eigenvalue weighted by molar-refractivity contribution is 14.0. The Morgan fingerprint density at radius 2 is 1.93 bits per heavy atom. The van der Waals surface area contributed by atoms with Gasteiger partial charge in [-0.25, -0.2) is 0 Å². The normalized spacial score (nSPS) is 15.6. The molecule has 1 aliphatic rings. The van der Waals surface area contributed by atoms with Crippen LogP contribution in [0, 0.1) is 0 Å². The zero-order valence-corrected chi connectivity index (χ0v) is 18.9. The number of fused-ring (bicyclic) bond motifs is 1. The number of aromatic nitrogens is 1. The highest BCUT2D eigenvalue weighted by Gasteiger charge is 2.24. The first-order valence-electron chi connectivity index (χ1n) is 9.57. The van der Waals surface area contributed by atoms with Crippen molar-refractivity contribution in [2.45, 2.75) is 18.9 Å². The highest BCUT2D eigenvalue weighted by Crippen LogP contribution is 2.31. The van der Waals surface area contributed by atoms with Crippen molar-refractivity contribution in [3.05, 3.63) is 71.9 Å². The lowest BCUT2D eigenvalue weighted by atomic mass is 9.90. The Balaban J connectivity index is 0.00000256. The number of hydrogen-bond acceptors (Lipinski definition) is 4. The molecule has 3 aromatic rings. The second-order valence-corrected chi connectivity index (χ2v) is 6.89. The third-order valence-corrected chi connectivity index (χ3v) is 4.90. The Kier molecular flexibility index (Phi) is 7.45. The monoisotopic (exact) mass is 517 g/mol. The number of anilines is 1. The molecule has 3 N–H and O–H groups in total. The van der Waals surface area contributed by atoms with Gasteiger partial charge in [-0.2, -0.15) is 0 Å². The fourth-order valence-corrected chi connectivity index (χ4v) is 3.43. The summed E-state index contributed by atoms with van der Waals surface area (Å²) in [4.78, 5) is 16.2. The third-order valence-electron chi connectivity index (χ3n) is 4.90. The number of benzene rings is 2. The lowest BCUT2D eigenvalue weighted by Gasteiger charge is -2.26. The van der Waals surface area contributed by atoms with Crippen molar-refractivity contribution >= 4 is 41.5 Å². The van der Waals surface area contributed by atoms with Gasteiger partial charge in [0, 0.05) is 43.2 Å². The maximum Gasteiger partial charge on any atom is 0.225 e. The number of para-hydroxylation sites is 1. The van der Waals surface area contributed by atoms with Crippen LogP contribution in [0.4, 0.5) is 5.69 Å². The smallest absolute Gasteiger partial charge is 0.225 e. The van der Waals surface area contributed by atoms with Crippen LogP contribution < -0.4 is 16.0 Å². The van der Waals surface area contributed by atoms with Crippen LogP contribution in [0.3, 0.4) is 0 Å². The average Bonchev–Trinajstić information content (AvgIpc) is 3.23. The van der Waals surface area contributed by atoms with Gasteiger partial charge in [0.15, 0.2) is 11.7 Å². The highest BCUT2D eigenvalue weighted by atomic mass is 127. The van der Waals surface area contributed by atoms with Crippen LogP contribution >= 0.6 is 24.0 Å². The molecule has 1 amide bonds. The largest absolute Gasteiger partial charge is 0.356 e. The maximum absolute atomic E-state index is 12.0. The first-order chi connectivity index (χ1) is 14.2. The standard InChI is InChI=1S/C22H23N5O2.HI/c1-23-22(24-13-16-11-21(28)26-19-10-6-5-9-18(16)19)25-14-17-12-20(29-27-17)15-7-3-2-4-8-15;/h2-10,12,16H,11,13-14H2,1H3,(H,26,28)(H2,23,24,25);1H. The number of carbonyl (C=O) groups excluding carboxylic acids is 1. The Hall–Kier alpha value is -2.88. The van der Waals surface area contributed by atoms with E-state index < -0.39 is 0 Å². The Labute approximate surface area is 192 Å². The molecule has 2 heterocycles. The van der Waals surface area contributed by atoms with Gasteiger partial charge in [0.05, 0.1) is 6.54 Å². The van der Waals surface area contributed by atoms with E-state index in [1.165, 1.54) is 0 Å². The molecular formula is C22H24IN5O2. The van der Waals surface area contributed by atoms with Crippen molar-refractivity contribution in [1.29, 1.82) is 0 Å². The SMILES string of the molecule is CN=C(NCc1cc(-c2ccccc2)on1)NCC1CC(=O)Nc2ccccc21.I. The molecule has 30 heavy (non-hydrogen) atoms. The van der Waals surface area contributed by atoms with Crippen LogP contribution in [0.2, 0.25) is 0 Å². The van der Waals surface area contributed by atoms with Gasteiger partial charge in [0.2, 0.25) is 5.91 Å². The molecule has 156 valence electrons. The van der Waals surface area contributed by atoms with Gasteiger partial charge in [-0.15, -0.1) is 24.0 Å². The predicted octanol–water partition coefficient (Wildman–Crippen LogP) is 3.75. The quantitative estimate of drug-likeness (QED) is 0.273. The molecule has 2 aromatic carbocycles. The van der Waals surface area contributed by atoms with Gasteiger partial charge in [-0.1, -0.05) is 53.7 Å². The Bertz CT molecular complexity index is 1020. The number of amides is 1. The summed E-state index contributed by atoms with van der Waals surface area (Å²) < 4.78 is 5.43. The third kappa shape index (κ3) is 5.18. The second kappa shape index (κ2) is 10.2. The van der Waals surface area contributed by atoms with Crippen molar-refractivity contribution in [3.63, 3.8) is 0 Å². The zero-order valence-electron chi connectivity index (χ0n) is 16.6. The van der Waals surface area contributed by atoms with Crippen molar-refractivity contribution in [3.8, 4) is 11.3 Å². The van der Waals surface area contributed by atoms with Crippen LogP contribution in [0.1, 0.15) is 23.6 Å². The topological polar surface area (TPSA) is 91.6 Å². The number of halogens is 1. The molecule has 0 saturated carbocycles. The van der Waals surface area contributed by atoms with E-state index in [9.17, 15) is 4.79 Å².